The van der Waals surface area contributed by atoms with E-state index in [0.29, 0.717) is 31.1 Å². The van der Waals surface area contributed by atoms with Crippen LogP contribution in [0.5, 0.6) is 0 Å². The number of carboxylic acids is 1. The summed E-state index contributed by atoms with van der Waals surface area (Å²) < 4.78 is 99.1. The molecule has 5 atom stereocenters. The number of likely N-dealkylation sites (tertiary alicyclic amines) is 1. The molecule has 2 aliphatic carbocycles. The number of nitrogens with zero attached hydrogens (tertiary/aromatic N) is 4. The molecule has 17 heteroatoms. The molecule has 0 spiro atoms. The van der Waals surface area contributed by atoms with E-state index in [-0.39, 0.29) is 11.2 Å². The fourth-order valence-electron chi connectivity index (χ4n) is 7.63. The van der Waals surface area contributed by atoms with Crippen LogP contribution in [0.2, 0.25) is 0 Å². The summed E-state index contributed by atoms with van der Waals surface area (Å²) in [4.78, 5) is 42.2. The molecule has 3 N–H and O–H groups in total. The number of nitriles is 1. The molecule has 2 aliphatic heterocycles. The molecule has 2 amide bonds. The van der Waals surface area contributed by atoms with Crippen molar-refractivity contribution >= 4 is 33.3 Å². The lowest BCUT2D eigenvalue weighted by atomic mass is 9.70. The van der Waals surface area contributed by atoms with Gasteiger partial charge in [0.05, 0.1) is 46.2 Å². The van der Waals surface area contributed by atoms with Crippen molar-refractivity contribution in [2.75, 3.05) is 44.2 Å². The molecule has 4 aliphatic rings. The van der Waals surface area contributed by atoms with Gasteiger partial charge in [0.2, 0.25) is 11.8 Å². The first-order chi connectivity index (χ1) is 21.5. The minimum absolute atomic E-state index is 0.140. The smallest absolute Gasteiger partial charge is 0.417 e. The summed E-state index contributed by atoms with van der Waals surface area (Å²) in [5.41, 5.74) is -0.618. The summed E-state index contributed by atoms with van der Waals surface area (Å²) in [5, 5.41) is 18.4. The van der Waals surface area contributed by atoms with E-state index in [2.05, 4.69) is 4.90 Å². The predicted octanol–water partition coefficient (Wildman–Crippen LogP) is 2.74. The van der Waals surface area contributed by atoms with Gasteiger partial charge in [-0.05, 0) is 58.2 Å². The fourth-order valence-corrected chi connectivity index (χ4v) is 9.67. The van der Waals surface area contributed by atoms with Crippen LogP contribution < -0.4 is 10.6 Å². The van der Waals surface area contributed by atoms with Gasteiger partial charge in [-0.1, -0.05) is 0 Å². The van der Waals surface area contributed by atoms with Gasteiger partial charge in [0.1, 0.15) is 5.41 Å². The summed E-state index contributed by atoms with van der Waals surface area (Å²) in [7, 11) is -5.03. The summed E-state index contributed by atoms with van der Waals surface area (Å²) in [6, 6.07) is 4.46. The third-order valence-electron chi connectivity index (χ3n) is 10.4. The maximum Gasteiger partial charge on any atom is 0.417 e. The second kappa shape index (κ2) is 11.0. The molecule has 2 heterocycles. The molecular weight excluding hydrogens is 653 g/mol. The molecule has 0 bridgehead atoms. The molecule has 47 heavy (non-hydrogen) atoms. The number of hydrogen-bond donors (Lipinski definition) is 2. The first kappa shape index (κ1) is 34.8. The van der Waals surface area contributed by atoms with E-state index < -0.39 is 110 Å². The Hall–Kier alpha value is -3.52. The average molecular weight is 690 g/mol. The molecule has 258 valence electrons. The van der Waals surface area contributed by atoms with Crippen LogP contribution >= 0.6 is 0 Å². The number of carbonyl (C=O) groups excluding carboxylic acids is 2. The van der Waals surface area contributed by atoms with Crippen molar-refractivity contribution in [3.05, 3.63) is 23.8 Å². The quantitative estimate of drug-likeness (QED) is 0.410. The lowest BCUT2D eigenvalue weighted by Crippen LogP contribution is -2.61. The lowest BCUT2D eigenvalue weighted by Gasteiger charge is -2.43. The number of rotatable bonds is 7. The summed E-state index contributed by atoms with van der Waals surface area (Å²) >= 11 is 0. The largest absolute Gasteiger partial charge is 0.481 e. The number of aliphatic carboxylic acids is 1. The molecule has 11 nitrogen and oxygen atoms in total. The highest BCUT2D eigenvalue weighted by molar-refractivity contribution is 7.92. The lowest BCUT2D eigenvalue weighted by molar-refractivity contribution is -0.177. The molecule has 2 saturated carbocycles. The number of primary amides is 1. The van der Waals surface area contributed by atoms with Crippen LogP contribution in [0.1, 0.15) is 45.6 Å². The number of nitrogens with two attached hydrogens (primary N) is 1. The van der Waals surface area contributed by atoms with Crippen molar-refractivity contribution in [1.29, 1.82) is 5.26 Å². The molecule has 1 aromatic rings. The van der Waals surface area contributed by atoms with E-state index in [9.17, 15) is 55.1 Å². The van der Waals surface area contributed by atoms with Crippen LogP contribution in [0.3, 0.4) is 0 Å². The van der Waals surface area contributed by atoms with E-state index in [1.54, 1.807) is 11.0 Å². The van der Waals surface area contributed by atoms with E-state index in [0.717, 1.165) is 12.1 Å². The van der Waals surface area contributed by atoms with Crippen LogP contribution in [0.4, 0.5) is 27.6 Å². The highest BCUT2D eigenvalue weighted by Gasteiger charge is 2.76. The molecule has 0 aromatic heterocycles. The van der Waals surface area contributed by atoms with Crippen LogP contribution in [0, 0.1) is 34.0 Å². The monoisotopic (exact) mass is 689 g/mol. The molecule has 1 aromatic carbocycles. The fraction of sp³-hybridized carbons (Fsp3) is 0.667. The van der Waals surface area contributed by atoms with Gasteiger partial charge in [-0.3, -0.25) is 19.3 Å². The number of sulfone groups is 1. The molecular formula is C30H36F5N5O6S. The number of carboxylic acid groups (broad SMARTS) is 1. The maximum atomic E-state index is 14.5. The molecule has 4 fully saturated rings. The zero-order chi connectivity index (χ0) is 35.1. The molecule has 2 saturated heterocycles. The second-order valence-corrected chi connectivity index (χ2v) is 16.3. The van der Waals surface area contributed by atoms with Crippen molar-refractivity contribution < 1.29 is 49.9 Å². The number of alkyl halides is 5. The number of hydrogen-bond acceptors (Lipinski definition) is 8. The Bertz CT molecular complexity index is 1640. The minimum Gasteiger partial charge on any atom is -0.481 e. The Morgan fingerprint density at radius 1 is 1.04 bits per heavy atom. The second-order valence-electron chi connectivity index (χ2n) is 14.1. The highest BCUT2D eigenvalue weighted by atomic mass is 32.2. The number of piperazine rings is 1. The van der Waals surface area contributed by atoms with Crippen molar-refractivity contribution in [1.82, 2.24) is 9.80 Å². The van der Waals surface area contributed by atoms with Crippen LogP contribution in [0.25, 0.3) is 0 Å². The zero-order valence-corrected chi connectivity index (χ0v) is 26.8. The minimum atomic E-state index is -5.15. The van der Waals surface area contributed by atoms with E-state index >= 15 is 0 Å². The van der Waals surface area contributed by atoms with Crippen molar-refractivity contribution in [2.24, 2.45) is 28.4 Å². The first-order valence-corrected chi connectivity index (χ1v) is 16.6. The maximum absolute atomic E-state index is 14.5. The van der Waals surface area contributed by atoms with E-state index in [4.69, 9.17) is 5.73 Å². The molecule has 2 unspecified atom stereocenters. The van der Waals surface area contributed by atoms with E-state index in [1.165, 1.54) is 6.07 Å². The van der Waals surface area contributed by atoms with Gasteiger partial charge in [-0.25, -0.2) is 17.2 Å². The van der Waals surface area contributed by atoms with Crippen molar-refractivity contribution in [2.45, 2.75) is 67.8 Å². The topological polar surface area (TPSA) is 165 Å². The van der Waals surface area contributed by atoms with Crippen LogP contribution in [-0.4, -0.2) is 97.1 Å². The SMILES string of the molecule is CC(C)(C)N1CCN(c2ccc(S(=O)(=O)[C@@H]3C[C@@H](C(=O)N4CC(F)(F)C4)[C@](C(=O)O)(C4CC4(C#N)C(N)=O)C3)c(C(F)(F)F)c2)CC1. The van der Waals surface area contributed by atoms with Gasteiger partial charge in [-0.2, -0.15) is 18.4 Å². The third kappa shape index (κ3) is 5.70. The third-order valence-corrected chi connectivity index (χ3v) is 12.6. The Morgan fingerprint density at radius 3 is 2.09 bits per heavy atom. The summed E-state index contributed by atoms with van der Waals surface area (Å²) in [5.74, 6) is -10.7. The zero-order valence-electron chi connectivity index (χ0n) is 26.0. The average Bonchev–Trinajstić information content (AvgIpc) is 3.58. The molecule has 5 rings (SSSR count). The number of amides is 2. The Morgan fingerprint density at radius 2 is 1.64 bits per heavy atom. The Labute approximate surface area is 268 Å². The van der Waals surface area contributed by atoms with E-state index in [1.807, 2.05) is 20.8 Å². The number of carbonyl (C=O) groups is 3. The van der Waals surface area contributed by atoms with Crippen molar-refractivity contribution in [3.8, 4) is 6.07 Å². The molecule has 0 radical (unpaired) electrons. The van der Waals surface area contributed by atoms with Gasteiger partial charge < -0.3 is 20.6 Å². The predicted molar refractivity (Wildman–Crippen MR) is 156 cm³/mol. The van der Waals surface area contributed by atoms with Gasteiger partial charge >= 0.3 is 12.1 Å². The normalized spacial score (nSPS) is 31.2. The Kier molecular flexibility index (Phi) is 8.15. The van der Waals surface area contributed by atoms with Gasteiger partial charge in [0.15, 0.2) is 9.84 Å². The Balaban J connectivity index is 1.53. The summed E-state index contributed by atoms with van der Waals surface area (Å²) in [6.45, 7) is 5.78. The van der Waals surface area contributed by atoms with Crippen molar-refractivity contribution in [3.63, 3.8) is 0 Å². The summed E-state index contributed by atoms with van der Waals surface area (Å²) in [6.07, 6.45) is -7.34. The van der Waals surface area contributed by atoms with Gasteiger partial charge in [0, 0.05) is 43.3 Å². The standard InChI is InChI=1S/C30H36F5N5O6S/c1-26(2,3)40-8-6-38(7-9-40)17-4-5-21(19(10-17)30(33,34)35)47(45,46)18-11-20(23(41)39-15-28(31,32)16-39)29(12-18,25(43)44)22-13-27(22,14-36)24(37)42/h4-5,10,18,20,22H,6-9,11-13,15-16H2,1-3H3,(H2,37,42)(H,43,44)/t18-,20+,22?,27?,29+/m1/s1. The first-order valence-electron chi connectivity index (χ1n) is 15.1. The van der Waals surface area contributed by atoms with Gasteiger partial charge in [0.25, 0.3) is 5.92 Å². The van der Waals surface area contributed by atoms with Gasteiger partial charge in [-0.15, -0.1) is 0 Å². The van der Waals surface area contributed by atoms with Crippen LogP contribution in [0.15, 0.2) is 23.1 Å². The highest BCUT2D eigenvalue weighted by Crippen LogP contribution is 2.68. The van der Waals surface area contributed by atoms with Crippen LogP contribution in [-0.2, 0) is 30.4 Å². The number of benzene rings is 1. The number of halogens is 5. The number of anilines is 1.